The van der Waals surface area contributed by atoms with E-state index in [2.05, 4.69) is 12.2 Å². The summed E-state index contributed by atoms with van der Waals surface area (Å²) in [4.78, 5) is 0. The summed E-state index contributed by atoms with van der Waals surface area (Å²) in [6.07, 6.45) is 12.7. The largest absolute Gasteiger partial charge is 0.367 e. The molecule has 2 aliphatic heterocycles. The third-order valence-electron chi connectivity index (χ3n) is 3.78. The highest BCUT2D eigenvalue weighted by atomic mass is 16.5. The van der Waals surface area contributed by atoms with Gasteiger partial charge in [-0.2, -0.15) is 0 Å². The summed E-state index contributed by atoms with van der Waals surface area (Å²) in [7, 11) is 0. The van der Waals surface area contributed by atoms with Crippen LogP contribution in [-0.2, 0) is 4.74 Å². The van der Waals surface area contributed by atoms with E-state index < -0.39 is 0 Å². The lowest BCUT2D eigenvalue weighted by molar-refractivity contribution is 0.0983. The average Bonchev–Trinajstić information content (AvgIpc) is 2.81. The molecule has 1 saturated heterocycles. The van der Waals surface area contributed by atoms with E-state index in [0.29, 0.717) is 12.2 Å². The van der Waals surface area contributed by atoms with E-state index >= 15 is 0 Å². The highest BCUT2D eigenvalue weighted by Gasteiger charge is 2.41. The molecule has 0 radical (unpaired) electrons. The molecular formula is C11H16O. The Labute approximate surface area is 73.8 Å². The molecule has 3 rings (SSSR count). The normalized spacial score (nSPS) is 46.2. The van der Waals surface area contributed by atoms with Crippen molar-refractivity contribution in [1.82, 2.24) is 0 Å². The van der Waals surface area contributed by atoms with Crippen molar-refractivity contribution in [3.8, 4) is 0 Å². The quantitative estimate of drug-likeness (QED) is 0.541. The molecule has 3 unspecified atom stereocenters. The van der Waals surface area contributed by atoms with Crippen molar-refractivity contribution < 1.29 is 4.74 Å². The second kappa shape index (κ2) is 2.59. The highest BCUT2D eigenvalue weighted by Crippen LogP contribution is 2.43. The minimum absolute atomic E-state index is 0.487. The second-order valence-corrected chi connectivity index (χ2v) is 4.47. The summed E-state index contributed by atoms with van der Waals surface area (Å²) in [5.41, 5.74) is 0. The molecule has 3 atom stereocenters. The van der Waals surface area contributed by atoms with Crippen LogP contribution in [0.2, 0.25) is 0 Å². The van der Waals surface area contributed by atoms with Crippen LogP contribution < -0.4 is 0 Å². The monoisotopic (exact) mass is 164 g/mol. The van der Waals surface area contributed by atoms with Crippen LogP contribution in [0.1, 0.15) is 32.1 Å². The smallest absolute Gasteiger partial charge is 0.0796 e. The number of fused-ring (bicyclic) bond motifs is 2. The Balaban J connectivity index is 1.74. The van der Waals surface area contributed by atoms with E-state index in [0.717, 1.165) is 11.8 Å². The van der Waals surface area contributed by atoms with Gasteiger partial charge in [0.05, 0.1) is 12.2 Å². The van der Waals surface area contributed by atoms with Crippen LogP contribution in [0.15, 0.2) is 12.2 Å². The van der Waals surface area contributed by atoms with Crippen molar-refractivity contribution >= 4 is 0 Å². The Morgan fingerprint density at radius 3 is 2.50 bits per heavy atom. The third kappa shape index (κ3) is 0.957. The molecule has 1 saturated carbocycles. The zero-order valence-corrected chi connectivity index (χ0v) is 7.41. The first kappa shape index (κ1) is 7.14. The molecule has 1 aliphatic carbocycles. The fraction of sp³-hybridized carbons (Fsp3) is 0.818. The van der Waals surface area contributed by atoms with E-state index in [1.165, 1.54) is 32.1 Å². The maximum Gasteiger partial charge on any atom is 0.0796 e. The number of hydrogen-bond acceptors (Lipinski definition) is 1. The van der Waals surface area contributed by atoms with Crippen LogP contribution in [0.3, 0.4) is 0 Å². The summed E-state index contributed by atoms with van der Waals surface area (Å²) >= 11 is 0. The predicted octanol–water partition coefficient (Wildman–Crippen LogP) is 2.52. The Morgan fingerprint density at radius 1 is 1.08 bits per heavy atom. The lowest BCUT2D eigenvalue weighted by atomic mass is 9.82. The Bertz CT molecular complexity index is 203. The molecule has 0 aromatic carbocycles. The molecule has 0 N–H and O–H groups in total. The van der Waals surface area contributed by atoms with Gasteiger partial charge in [0.2, 0.25) is 0 Å². The van der Waals surface area contributed by atoms with Crippen LogP contribution in [0.4, 0.5) is 0 Å². The van der Waals surface area contributed by atoms with Crippen LogP contribution in [0, 0.1) is 11.8 Å². The third-order valence-corrected chi connectivity index (χ3v) is 3.78. The summed E-state index contributed by atoms with van der Waals surface area (Å²) in [5, 5.41) is 0. The van der Waals surface area contributed by atoms with E-state index in [1.807, 2.05) is 0 Å². The van der Waals surface area contributed by atoms with Gasteiger partial charge >= 0.3 is 0 Å². The van der Waals surface area contributed by atoms with Crippen molar-refractivity contribution in [2.24, 2.45) is 11.8 Å². The first-order chi connectivity index (χ1) is 5.93. The van der Waals surface area contributed by atoms with Crippen molar-refractivity contribution in [3.05, 3.63) is 12.2 Å². The van der Waals surface area contributed by atoms with Crippen molar-refractivity contribution in [2.45, 2.75) is 44.3 Å². The van der Waals surface area contributed by atoms with Gasteiger partial charge in [-0.3, -0.25) is 0 Å². The van der Waals surface area contributed by atoms with Gasteiger partial charge in [0.1, 0.15) is 0 Å². The molecular weight excluding hydrogens is 148 g/mol. The zero-order valence-electron chi connectivity index (χ0n) is 7.41. The average molecular weight is 164 g/mol. The molecule has 0 aromatic heterocycles. The number of rotatable bonds is 1. The molecule has 0 aromatic rings. The summed E-state index contributed by atoms with van der Waals surface area (Å²) < 4.78 is 5.79. The van der Waals surface area contributed by atoms with Crippen LogP contribution in [-0.4, -0.2) is 12.2 Å². The molecule has 2 fully saturated rings. The van der Waals surface area contributed by atoms with Gasteiger partial charge in [-0.15, -0.1) is 0 Å². The van der Waals surface area contributed by atoms with Crippen LogP contribution in [0.5, 0.6) is 0 Å². The van der Waals surface area contributed by atoms with E-state index in [4.69, 9.17) is 4.74 Å². The summed E-state index contributed by atoms with van der Waals surface area (Å²) in [6, 6.07) is 0. The first-order valence-corrected chi connectivity index (χ1v) is 5.27. The number of hydrogen-bond donors (Lipinski definition) is 0. The minimum Gasteiger partial charge on any atom is -0.367 e. The highest BCUT2D eigenvalue weighted by molar-refractivity contribution is 5.12. The molecule has 66 valence electrons. The number of ether oxygens (including phenoxy) is 1. The van der Waals surface area contributed by atoms with E-state index in [1.54, 1.807) is 0 Å². The lowest BCUT2D eigenvalue weighted by Crippen LogP contribution is -2.20. The van der Waals surface area contributed by atoms with Gasteiger partial charge in [0.15, 0.2) is 0 Å². The van der Waals surface area contributed by atoms with Crippen molar-refractivity contribution in [3.63, 3.8) is 0 Å². The molecule has 12 heavy (non-hydrogen) atoms. The standard InChI is InChI=1S/C11H16O/c1-2-4-8(3-1)10-7-9-5-6-11(10)12-9/h5-6,8-11H,1-4,7H2. The molecule has 0 amide bonds. The molecule has 1 heteroatoms. The Kier molecular flexibility index (Phi) is 1.54. The molecule has 3 aliphatic rings. The van der Waals surface area contributed by atoms with Gasteiger partial charge in [0.25, 0.3) is 0 Å². The minimum atomic E-state index is 0.487. The van der Waals surface area contributed by atoms with Gasteiger partial charge < -0.3 is 4.74 Å². The van der Waals surface area contributed by atoms with Crippen molar-refractivity contribution in [2.75, 3.05) is 0 Å². The Morgan fingerprint density at radius 2 is 1.92 bits per heavy atom. The van der Waals surface area contributed by atoms with Gasteiger partial charge in [0, 0.05) is 0 Å². The summed E-state index contributed by atoms with van der Waals surface area (Å²) in [5.74, 6) is 1.87. The first-order valence-electron chi connectivity index (χ1n) is 5.27. The van der Waals surface area contributed by atoms with E-state index in [9.17, 15) is 0 Å². The van der Waals surface area contributed by atoms with E-state index in [-0.39, 0.29) is 0 Å². The maximum absolute atomic E-state index is 5.79. The fourth-order valence-corrected chi connectivity index (χ4v) is 3.15. The molecule has 2 bridgehead atoms. The van der Waals surface area contributed by atoms with Crippen LogP contribution in [0.25, 0.3) is 0 Å². The van der Waals surface area contributed by atoms with Gasteiger partial charge in [-0.05, 0) is 18.3 Å². The Hall–Kier alpha value is -0.300. The van der Waals surface area contributed by atoms with Gasteiger partial charge in [-0.1, -0.05) is 37.8 Å². The van der Waals surface area contributed by atoms with Crippen LogP contribution >= 0.6 is 0 Å². The molecule has 0 spiro atoms. The topological polar surface area (TPSA) is 9.23 Å². The molecule has 1 nitrogen and oxygen atoms in total. The zero-order chi connectivity index (χ0) is 7.97. The molecule has 2 heterocycles. The summed E-state index contributed by atoms with van der Waals surface area (Å²) in [6.45, 7) is 0. The predicted molar refractivity (Wildman–Crippen MR) is 47.9 cm³/mol. The SMILES string of the molecule is C1=CC2OC1CC2C1CCCC1. The second-order valence-electron chi connectivity index (χ2n) is 4.47. The maximum atomic E-state index is 5.79. The van der Waals surface area contributed by atoms with Gasteiger partial charge in [-0.25, -0.2) is 0 Å². The lowest BCUT2D eigenvalue weighted by Gasteiger charge is -2.21. The van der Waals surface area contributed by atoms with Crippen molar-refractivity contribution in [1.29, 1.82) is 0 Å². The fourth-order valence-electron chi connectivity index (χ4n) is 3.15.